The van der Waals surface area contributed by atoms with Crippen molar-refractivity contribution in [2.45, 2.75) is 13.8 Å². The average Bonchev–Trinajstić information content (AvgIpc) is 3.19. The van der Waals surface area contributed by atoms with E-state index in [-0.39, 0.29) is 12.5 Å². The number of amides is 1. The molecule has 0 bridgehead atoms. The zero-order valence-electron chi connectivity index (χ0n) is 15.8. The van der Waals surface area contributed by atoms with Gasteiger partial charge in [0.05, 0.1) is 5.69 Å². The maximum atomic E-state index is 12.1. The molecule has 1 heterocycles. The van der Waals surface area contributed by atoms with Crippen LogP contribution in [0.15, 0.2) is 53.9 Å². The molecule has 2 aromatic carbocycles. The van der Waals surface area contributed by atoms with Gasteiger partial charge in [-0.25, -0.2) is 4.98 Å². The number of rotatable bonds is 8. The summed E-state index contributed by atoms with van der Waals surface area (Å²) in [6.45, 7) is 6.05. The first kappa shape index (κ1) is 20.2. The van der Waals surface area contributed by atoms with Gasteiger partial charge >= 0.3 is 0 Å². The van der Waals surface area contributed by atoms with Crippen molar-refractivity contribution < 1.29 is 9.53 Å². The van der Waals surface area contributed by atoms with E-state index >= 15 is 0 Å². The third-order valence-electron chi connectivity index (χ3n) is 4.17. The van der Waals surface area contributed by atoms with E-state index in [1.54, 1.807) is 35.6 Å². The number of benzene rings is 2. The summed E-state index contributed by atoms with van der Waals surface area (Å²) in [7, 11) is 0. The predicted molar refractivity (Wildman–Crippen MR) is 117 cm³/mol. The van der Waals surface area contributed by atoms with Crippen LogP contribution in [0.1, 0.15) is 13.8 Å². The predicted octanol–water partition coefficient (Wildman–Crippen LogP) is 5.33. The fourth-order valence-corrected chi connectivity index (χ4v) is 3.73. The molecule has 1 amide bonds. The van der Waals surface area contributed by atoms with Crippen molar-refractivity contribution in [2.75, 3.05) is 29.9 Å². The topological polar surface area (TPSA) is 54.5 Å². The number of ether oxygens (including phenoxy) is 1. The van der Waals surface area contributed by atoms with Crippen LogP contribution in [0.2, 0.25) is 5.02 Å². The molecule has 3 aromatic rings. The zero-order valence-corrected chi connectivity index (χ0v) is 17.4. The number of anilines is 2. The van der Waals surface area contributed by atoms with E-state index in [0.29, 0.717) is 16.5 Å². The Morgan fingerprint density at radius 1 is 1.11 bits per heavy atom. The summed E-state index contributed by atoms with van der Waals surface area (Å²) in [5.41, 5.74) is 2.67. The summed E-state index contributed by atoms with van der Waals surface area (Å²) >= 11 is 7.47. The molecule has 0 radical (unpaired) electrons. The van der Waals surface area contributed by atoms with E-state index in [2.05, 4.69) is 29.4 Å². The Balaban J connectivity index is 1.56. The van der Waals surface area contributed by atoms with Gasteiger partial charge in [-0.15, -0.1) is 11.3 Å². The summed E-state index contributed by atoms with van der Waals surface area (Å²) in [4.78, 5) is 19.0. The third kappa shape index (κ3) is 5.24. The molecule has 0 spiro atoms. The minimum Gasteiger partial charge on any atom is -0.484 e. The first-order valence-electron chi connectivity index (χ1n) is 9.08. The lowest BCUT2D eigenvalue weighted by atomic mass is 10.1. The Morgan fingerprint density at radius 2 is 1.79 bits per heavy atom. The van der Waals surface area contributed by atoms with E-state index in [1.807, 2.05) is 24.3 Å². The lowest BCUT2D eigenvalue weighted by Gasteiger charge is -2.16. The van der Waals surface area contributed by atoms with E-state index in [4.69, 9.17) is 21.3 Å². The second-order valence-corrected chi connectivity index (χ2v) is 7.33. The maximum absolute atomic E-state index is 12.1. The highest BCUT2D eigenvalue weighted by Crippen LogP contribution is 2.28. The summed E-state index contributed by atoms with van der Waals surface area (Å²) in [5, 5.41) is 6.54. The quantitative estimate of drug-likeness (QED) is 0.540. The Hall–Kier alpha value is -2.57. The average molecular weight is 416 g/mol. The Kier molecular flexibility index (Phi) is 6.90. The van der Waals surface area contributed by atoms with Crippen LogP contribution < -0.4 is 15.0 Å². The number of hydrogen-bond donors (Lipinski definition) is 1. The molecule has 1 aromatic heterocycles. The normalized spacial score (nSPS) is 10.5. The summed E-state index contributed by atoms with van der Waals surface area (Å²) < 4.78 is 5.45. The molecule has 7 heteroatoms. The SMILES string of the molecule is CCN(CC)c1nc(-c2ccc(NC(=O)COc3ccc(Cl)cc3)cc2)cs1. The summed E-state index contributed by atoms with van der Waals surface area (Å²) in [5.74, 6) is 0.377. The third-order valence-corrected chi connectivity index (χ3v) is 5.33. The molecular weight excluding hydrogens is 394 g/mol. The molecule has 0 aliphatic rings. The monoisotopic (exact) mass is 415 g/mol. The largest absolute Gasteiger partial charge is 0.484 e. The molecule has 146 valence electrons. The first-order chi connectivity index (χ1) is 13.6. The van der Waals surface area contributed by atoms with Gasteiger partial charge in [0.2, 0.25) is 0 Å². The van der Waals surface area contributed by atoms with Gasteiger partial charge in [0.15, 0.2) is 11.7 Å². The second kappa shape index (κ2) is 9.57. The molecule has 5 nitrogen and oxygen atoms in total. The molecule has 0 atom stereocenters. The highest BCUT2D eigenvalue weighted by atomic mass is 35.5. The zero-order chi connectivity index (χ0) is 19.9. The molecule has 3 rings (SSSR count). The number of nitrogens with zero attached hydrogens (tertiary/aromatic N) is 2. The molecule has 0 aliphatic heterocycles. The van der Waals surface area contributed by atoms with Crippen molar-refractivity contribution in [1.82, 2.24) is 4.98 Å². The number of carbonyl (C=O) groups is 1. The van der Waals surface area contributed by atoms with Gasteiger partial charge in [0, 0.05) is 34.7 Å². The van der Waals surface area contributed by atoms with E-state index < -0.39 is 0 Å². The van der Waals surface area contributed by atoms with Gasteiger partial charge in [-0.05, 0) is 50.2 Å². The van der Waals surface area contributed by atoms with Crippen LogP contribution in [0, 0.1) is 0 Å². The molecular formula is C21H22ClN3O2S. The van der Waals surface area contributed by atoms with Gasteiger partial charge < -0.3 is 15.0 Å². The highest BCUT2D eigenvalue weighted by molar-refractivity contribution is 7.14. The van der Waals surface area contributed by atoms with Gasteiger partial charge in [0.25, 0.3) is 5.91 Å². The number of aromatic nitrogens is 1. The number of nitrogens with one attached hydrogen (secondary N) is 1. The van der Waals surface area contributed by atoms with E-state index in [9.17, 15) is 4.79 Å². The van der Waals surface area contributed by atoms with Crippen LogP contribution in [0.25, 0.3) is 11.3 Å². The van der Waals surface area contributed by atoms with Crippen molar-refractivity contribution in [3.05, 3.63) is 58.9 Å². The Labute approximate surface area is 173 Å². The van der Waals surface area contributed by atoms with Gasteiger partial charge in [0.1, 0.15) is 5.75 Å². The van der Waals surface area contributed by atoms with Gasteiger partial charge in [-0.1, -0.05) is 23.7 Å². The molecule has 1 N–H and O–H groups in total. The van der Waals surface area contributed by atoms with Gasteiger partial charge in [-0.3, -0.25) is 4.79 Å². The molecule has 0 saturated heterocycles. The minimum absolute atomic E-state index is 0.0668. The fourth-order valence-electron chi connectivity index (χ4n) is 2.64. The Morgan fingerprint density at radius 3 is 2.43 bits per heavy atom. The van der Waals surface area contributed by atoms with Crippen molar-refractivity contribution in [3.63, 3.8) is 0 Å². The van der Waals surface area contributed by atoms with Crippen molar-refractivity contribution >= 4 is 39.7 Å². The number of hydrogen-bond acceptors (Lipinski definition) is 5. The lowest BCUT2D eigenvalue weighted by Crippen LogP contribution is -2.21. The molecule has 28 heavy (non-hydrogen) atoms. The molecule has 0 aliphatic carbocycles. The van der Waals surface area contributed by atoms with Crippen LogP contribution in [-0.2, 0) is 4.79 Å². The Bertz CT molecular complexity index is 906. The lowest BCUT2D eigenvalue weighted by molar-refractivity contribution is -0.118. The van der Waals surface area contributed by atoms with Crippen molar-refractivity contribution in [1.29, 1.82) is 0 Å². The molecule has 0 unspecified atom stereocenters. The fraction of sp³-hybridized carbons (Fsp3) is 0.238. The summed E-state index contributed by atoms with van der Waals surface area (Å²) in [6.07, 6.45) is 0. The smallest absolute Gasteiger partial charge is 0.262 e. The first-order valence-corrected chi connectivity index (χ1v) is 10.3. The van der Waals surface area contributed by atoms with Gasteiger partial charge in [-0.2, -0.15) is 0 Å². The second-order valence-electron chi connectivity index (χ2n) is 6.06. The van der Waals surface area contributed by atoms with Crippen molar-refractivity contribution in [2.24, 2.45) is 0 Å². The maximum Gasteiger partial charge on any atom is 0.262 e. The van der Waals surface area contributed by atoms with E-state index in [1.165, 1.54) is 0 Å². The minimum atomic E-state index is -0.222. The standard InChI is InChI=1S/C21H22ClN3O2S/c1-3-25(4-2)21-24-19(14-28-21)15-5-9-17(10-6-15)23-20(26)13-27-18-11-7-16(22)8-12-18/h5-12,14H,3-4,13H2,1-2H3,(H,23,26). The number of halogens is 1. The van der Waals surface area contributed by atoms with Crippen LogP contribution in [0.4, 0.5) is 10.8 Å². The molecule has 0 fully saturated rings. The summed E-state index contributed by atoms with van der Waals surface area (Å²) in [6, 6.07) is 14.5. The highest BCUT2D eigenvalue weighted by Gasteiger charge is 2.10. The van der Waals surface area contributed by atoms with Crippen molar-refractivity contribution in [3.8, 4) is 17.0 Å². The van der Waals surface area contributed by atoms with Crippen LogP contribution in [-0.4, -0.2) is 30.6 Å². The van der Waals surface area contributed by atoms with Crippen LogP contribution >= 0.6 is 22.9 Å². The molecule has 0 saturated carbocycles. The van der Waals surface area contributed by atoms with Crippen LogP contribution in [0.5, 0.6) is 5.75 Å². The number of thiazole rings is 1. The number of carbonyl (C=O) groups excluding carboxylic acids is 1. The van der Waals surface area contributed by atoms with Crippen LogP contribution in [0.3, 0.4) is 0 Å². The van der Waals surface area contributed by atoms with E-state index in [0.717, 1.165) is 29.5 Å².